The Bertz CT molecular complexity index is 430. The number of hydrogen-bond acceptors (Lipinski definition) is 3. The predicted molar refractivity (Wildman–Crippen MR) is 73.8 cm³/mol. The molecule has 1 aromatic rings. The van der Waals surface area contributed by atoms with Gasteiger partial charge in [0.25, 0.3) is 5.91 Å². The van der Waals surface area contributed by atoms with Crippen LogP contribution in [0.3, 0.4) is 0 Å². The first kappa shape index (κ1) is 14.4. The van der Waals surface area contributed by atoms with Gasteiger partial charge in [0.05, 0.1) is 12.7 Å². The Labute approximate surface area is 109 Å². The second-order valence-corrected chi connectivity index (χ2v) is 4.86. The fourth-order valence-corrected chi connectivity index (χ4v) is 1.71. The molecule has 1 unspecified atom stereocenters. The van der Waals surface area contributed by atoms with Crippen molar-refractivity contribution < 1.29 is 9.53 Å². The molecular weight excluding hydrogens is 228 g/mol. The number of nitrogens with zero attached hydrogens (tertiary/aromatic N) is 1. The van der Waals surface area contributed by atoms with Gasteiger partial charge in [0, 0.05) is 24.8 Å². The van der Waals surface area contributed by atoms with Gasteiger partial charge in [-0.2, -0.15) is 0 Å². The molecule has 0 aliphatic rings. The van der Waals surface area contributed by atoms with E-state index in [1.54, 1.807) is 23.1 Å². The van der Waals surface area contributed by atoms with Crippen molar-refractivity contribution in [3.05, 3.63) is 23.8 Å². The molecule has 1 rings (SSSR count). The lowest BCUT2D eigenvalue weighted by atomic mass is 10.0. The van der Waals surface area contributed by atoms with Gasteiger partial charge < -0.3 is 15.4 Å². The normalized spacial score (nSPS) is 12.3. The van der Waals surface area contributed by atoms with E-state index in [0.717, 1.165) is 0 Å². The van der Waals surface area contributed by atoms with E-state index >= 15 is 0 Å². The zero-order chi connectivity index (χ0) is 13.9. The van der Waals surface area contributed by atoms with Crippen molar-refractivity contribution in [3.8, 4) is 5.75 Å². The summed E-state index contributed by atoms with van der Waals surface area (Å²) in [4.78, 5) is 14.1. The number of rotatable bonds is 4. The van der Waals surface area contributed by atoms with Crippen LogP contribution < -0.4 is 10.5 Å². The summed E-state index contributed by atoms with van der Waals surface area (Å²) in [6, 6.07) is 5.25. The summed E-state index contributed by atoms with van der Waals surface area (Å²) in [7, 11) is 3.35. The molecule has 0 aromatic heterocycles. The zero-order valence-electron chi connectivity index (χ0n) is 11.7. The smallest absolute Gasteiger partial charge is 0.257 e. The molecule has 1 atom stereocenters. The van der Waals surface area contributed by atoms with Gasteiger partial charge in [0.15, 0.2) is 0 Å². The molecule has 0 heterocycles. The average molecular weight is 250 g/mol. The number of carbonyl (C=O) groups is 1. The summed E-state index contributed by atoms with van der Waals surface area (Å²) in [5.74, 6) is 0.870. The first-order valence-corrected chi connectivity index (χ1v) is 6.09. The highest BCUT2D eigenvalue weighted by Gasteiger charge is 2.22. The van der Waals surface area contributed by atoms with Crippen LogP contribution in [0.4, 0.5) is 5.69 Å². The summed E-state index contributed by atoms with van der Waals surface area (Å²) >= 11 is 0. The van der Waals surface area contributed by atoms with Gasteiger partial charge in [-0.15, -0.1) is 0 Å². The Morgan fingerprint density at radius 1 is 1.33 bits per heavy atom. The van der Waals surface area contributed by atoms with E-state index in [9.17, 15) is 4.79 Å². The van der Waals surface area contributed by atoms with Crippen LogP contribution >= 0.6 is 0 Å². The first-order chi connectivity index (χ1) is 8.38. The molecule has 4 heteroatoms. The molecule has 0 saturated carbocycles. The van der Waals surface area contributed by atoms with Gasteiger partial charge in [0.1, 0.15) is 5.75 Å². The van der Waals surface area contributed by atoms with Crippen LogP contribution in [0.1, 0.15) is 31.1 Å². The van der Waals surface area contributed by atoms with Crippen molar-refractivity contribution in [2.24, 2.45) is 5.92 Å². The third-order valence-electron chi connectivity index (χ3n) is 3.35. The fraction of sp³-hybridized carbons (Fsp3) is 0.500. The van der Waals surface area contributed by atoms with E-state index in [1.165, 1.54) is 7.11 Å². The van der Waals surface area contributed by atoms with Gasteiger partial charge >= 0.3 is 0 Å². The van der Waals surface area contributed by atoms with Gasteiger partial charge in [0.2, 0.25) is 0 Å². The van der Waals surface area contributed by atoms with Crippen LogP contribution in [0.5, 0.6) is 5.75 Å². The largest absolute Gasteiger partial charge is 0.496 e. The number of benzene rings is 1. The standard InChI is InChI=1S/C14H22N2O2/c1-9(2)10(3)16(4)14(17)12-7-6-11(15)8-13(12)18-5/h6-10H,15H2,1-5H3. The predicted octanol–water partition coefficient (Wildman–Crippen LogP) is 2.39. The third kappa shape index (κ3) is 2.94. The second kappa shape index (κ2) is 5.76. The molecule has 18 heavy (non-hydrogen) atoms. The number of amides is 1. The molecule has 1 aromatic carbocycles. The maximum atomic E-state index is 12.4. The number of ether oxygens (including phenoxy) is 1. The van der Waals surface area contributed by atoms with Gasteiger partial charge in [-0.3, -0.25) is 4.79 Å². The van der Waals surface area contributed by atoms with Crippen molar-refractivity contribution in [1.29, 1.82) is 0 Å². The minimum absolute atomic E-state index is 0.0481. The summed E-state index contributed by atoms with van der Waals surface area (Å²) in [6.45, 7) is 6.22. The fourth-order valence-electron chi connectivity index (χ4n) is 1.71. The summed E-state index contributed by atoms with van der Waals surface area (Å²) in [6.07, 6.45) is 0. The van der Waals surface area contributed by atoms with E-state index in [2.05, 4.69) is 13.8 Å². The molecule has 0 aliphatic heterocycles. The van der Waals surface area contributed by atoms with Gasteiger partial charge in [-0.1, -0.05) is 13.8 Å². The Kier molecular flexibility index (Phi) is 4.59. The second-order valence-electron chi connectivity index (χ2n) is 4.86. The minimum atomic E-state index is -0.0481. The Hall–Kier alpha value is -1.71. The number of carbonyl (C=O) groups excluding carboxylic acids is 1. The van der Waals surface area contributed by atoms with Crippen molar-refractivity contribution >= 4 is 11.6 Å². The number of hydrogen-bond donors (Lipinski definition) is 1. The molecular formula is C14H22N2O2. The minimum Gasteiger partial charge on any atom is -0.496 e. The number of anilines is 1. The molecule has 4 nitrogen and oxygen atoms in total. The van der Waals surface area contributed by atoms with Gasteiger partial charge in [-0.05, 0) is 25.0 Å². The van der Waals surface area contributed by atoms with Crippen LogP contribution in [0, 0.1) is 5.92 Å². The monoisotopic (exact) mass is 250 g/mol. The van der Waals surface area contributed by atoms with Crippen molar-refractivity contribution in [1.82, 2.24) is 4.90 Å². The van der Waals surface area contributed by atoms with E-state index < -0.39 is 0 Å². The molecule has 0 fully saturated rings. The number of nitrogen functional groups attached to an aromatic ring is 1. The van der Waals surface area contributed by atoms with E-state index in [1.807, 2.05) is 14.0 Å². The Balaban J connectivity index is 3.03. The van der Waals surface area contributed by atoms with Crippen LogP contribution in [0.15, 0.2) is 18.2 Å². The highest BCUT2D eigenvalue weighted by atomic mass is 16.5. The molecule has 0 radical (unpaired) electrons. The van der Waals surface area contributed by atoms with Crippen molar-refractivity contribution in [3.63, 3.8) is 0 Å². The third-order valence-corrected chi connectivity index (χ3v) is 3.35. The molecule has 100 valence electrons. The SMILES string of the molecule is COc1cc(N)ccc1C(=O)N(C)C(C)C(C)C. The summed E-state index contributed by atoms with van der Waals surface area (Å²) in [5, 5.41) is 0. The van der Waals surface area contributed by atoms with Crippen LogP contribution in [0.2, 0.25) is 0 Å². The molecule has 0 spiro atoms. The highest BCUT2D eigenvalue weighted by Crippen LogP contribution is 2.24. The molecule has 2 N–H and O–H groups in total. The average Bonchev–Trinajstić information content (AvgIpc) is 2.35. The number of methoxy groups -OCH3 is 1. The lowest BCUT2D eigenvalue weighted by Crippen LogP contribution is -2.38. The van der Waals surface area contributed by atoms with Gasteiger partial charge in [-0.25, -0.2) is 0 Å². The summed E-state index contributed by atoms with van der Waals surface area (Å²) < 4.78 is 5.21. The van der Waals surface area contributed by atoms with Crippen molar-refractivity contribution in [2.45, 2.75) is 26.8 Å². The van der Waals surface area contributed by atoms with Crippen LogP contribution in [-0.4, -0.2) is 31.0 Å². The first-order valence-electron chi connectivity index (χ1n) is 6.09. The molecule has 0 bridgehead atoms. The van der Waals surface area contributed by atoms with Crippen LogP contribution in [0.25, 0.3) is 0 Å². The lowest BCUT2D eigenvalue weighted by Gasteiger charge is -2.28. The Morgan fingerprint density at radius 3 is 2.44 bits per heavy atom. The van der Waals surface area contributed by atoms with E-state index in [-0.39, 0.29) is 11.9 Å². The Morgan fingerprint density at radius 2 is 1.94 bits per heavy atom. The quantitative estimate of drug-likeness (QED) is 0.835. The lowest BCUT2D eigenvalue weighted by molar-refractivity contribution is 0.0704. The van der Waals surface area contributed by atoms with Crippen molar-refractivity contribution in [2.75, 3.05) is 19.9 Å². The zero-order valence-corrected chi connectivity index (χ0v) is 11.7. The van der Waals surface area contributed by atoms with E-state index in [4.69, 9.17) is 10.5 Å². The maximum absolute atomic E-state index is 12.4. The van der Waals surface area contributed by atoms with E-state index in [0.29, 0.717) is 22.9 Å². The summed E-state index contributed by atoms with van der Waals surface area (Å²) in [5.41, 5.74) is 6.81. The molecule has 1 amide bonds. The molecule has 0 aliphatic carbocycles. The number of nitrogens with two attached hydrogens (primary N) is 1. The maximum Gasteiger partial charge on any atom is 0.257 e. The molecule has 0 saturated heterocycles. The van der Waals surface area contributed by atoms with Crippen LogP contribution in [-0.2, 0) is 0 Å². The topological polar surface area (TPSA) is 55.6 Å². The highest BCUT2D eigenvalue weighted by molar-refractivity contribution is 5.97.